The van der Waals surface area contributed by atoms with E-state index in [0.717, 1.165) is 22.5 Å². The average molecular weight is 323 g/mol. The van der Waals surface area contributed by atoms with E-state index in [0.29, 0.717) is 11.3 Å². The van der Waals surface area contributed by atoms with Crippen LogP contribution in [-0.2, 0) is 16.9 Å². The second-order valence-electron chi connectivity index (χ2n) is 5.54. The lowest BCUT2D eigenvalue weighted by atomic mass is 10.00. The number of sulfone groups is 1. The topological polar surface area (TPSA) is 55.2 Å². The van der Waals surface area contributed by atoms with Gasteiger partial charge in [0.15, 0.2) is 14.9 Å². The van der Waals surface area contributed by atoms with Gasteiger partial charge in [0.25, 0.3) is 0 Å². The minimum Gasteiger partial charge on any atom is -0.343 e. The van der Waals surface area contributed by atoms with Gasteiger partial charge in [0, 0.05) is 31.6 Å². The minimum atomic E-state index is -3.32. The molecule has 0 saturated heterocycles. The number of likely N-dealkylation sites (N-methyl/N-ethyl adjacent to an activating group) is 1. The zero-order chi connectivity index (χ0) is 16.1. The van der Waals surface area contributed by atoms with Crippen molar-refractivity contribution in [3.05, 3.63) is 40.8 Å². The van der Waals surface area contributed by atoms with Crippen molar-refractivity contribution in [3.8, 4) is 0 Å². The fraction of sp³-hybridized carbons (Fsp3) is 0.438. The summed E-state index contributed by atoms with van der Waals surface area (Å²) in [4.78, 5) is 1.96. The number of nitrogens with zero attached hydrogens (tertiary/aromatic N) is 3. The summed E-state index contributed by atoms with van der Waals surface area (Å²) < 4.78 is 25.3. The van der Waals surface area contributed by atoms with Crippen molar-refractivity contribution in [2.45, 2.75) is 33.2 Å². The maximum atomic E-state index is 11.9. The molecule has 6 heteroatoms. The fourth-order valence-corrected chi connectivity index (χ4v) is 4.02. The van der Waals surface area contributed by atoms with Gasteiger partial charge in [-0.1, -0.05) is 20.1 Å². The number of rotatable bonds is 2. The summed E-state index contributed by atoms with van der Waals surface area (Å²) >= 11 is 0. The number of hydrogen-bond acceptors (Lipinski definition) is 4. The van der Waals surface area contributed by atoms with Crippen LogP contribution in [0.25, 0.3) is 5.70 Å². The quantitative estimate of drug-likeness (QED) is 0.840. The summed E-state index contributed by atoms with van der Waals surface area (Å²) in [5.74, 6) is 0. The van der Waals surface area contributed by atoms with Crippen molar-refractivity contribution < 1.29 is 8.42 Å². The van der Waals surface area contributed by atoms with Crippen LogP contribution in [0.2, 0.25) is 0 Å². The number of aromatic nitrogens is 2. The van der Waals surface area contributed by atoms with E-state index in [9.17, 15) is 8.42 Å². The Balaban J connectivity index is 0.00000242. The lowest BCUT2D eigenvalue weighted by Gasteiger charge is -2.30. The van der Waals surface area contributed by atoms with Crippen molar-refractivity contribution in [2.75, 3.05) is 13.3 Å². The van der Waals surface area contributed by atoms with E-state index < -0.39 is 9.84 Å². The first kappa shape index (κ1) is 18.2. The van der Waals surface area contributed by atoms with Crippen molar-refractivity contribution in [1.29, 1.82) is 0 Å². The molecule has 1 aliphatic heterocycles. The lowest BCUT2D eigenvalue weighted by molar-refractivity contribution is 0.578. The van der Waals surface area contributed by atoms with E-state index in [1.165, 1.54) is 10.9 Å². The molecule has 0 unspecified atom stereocenters. The van der Waals surface area contributed by atoms with E-state index in [1.54, 1.807) is 14.0 Å². The predicted octanol–water partition coefficient (Wildman–Crippen LogP) is 2.90. The lowest BCUT2D eigenvalue weighted by Crippen LogP contribution is -2.21. The fourth-order valence-electron chi connectivity index (χ4n) is 2.84. The van der Waals surface area contributed by atoms with Gasteiger partial charge in [-0.3, -0.25) is 4.68 Å². The molecule has 0 fully saturated rings. The molecule has 0 aromatic carbocycles. The Labute approximate surface area is 133 Å². The zero-order valence-electron chi connectivity index (χ0n) is 13.4. The first-order chi connectivity index (χ1) is 9.55. The van der Waals surface area contributed by atoms with Gasteiger partial charge >= 0.3 is 0 Å². The minimum absolute atomic E-state index is 0. The van der Waals surface area contributed by atoms with Crippen molar-refractivity contribution >= 4 is 15.5 Å². The van der Waals surface area contributed by atoms with Gasteiger partial charge < -0.3 is 4.90 Å². The summed E-state index contributed by atoms with van der Waals surface area (Å²) in [7, 11) is 0.257. The van der Waals surface area contributed by atoms with Gasteiger partial charge in [0.05, 0.1) is 5.70 Å². The number of hydrogen-bond donors (Lipinski definition) is 0. The Hall–Kier alpha value is -1.82. The molecule has 122 valence electrons. The summed E-state index contributed by atoms with van der Waals surface area (Å²) in [6.45, 7) is 9.86. The van der Waals surface area contributed by atoms with Crippen molar-refractivity contribution in [3.63, 3.8) is 0 Å². The molecule has 1 aromatic rings. The third-order valence-corrected chi connectivity index (χ3v) is 5.07. The van der Waals surface area contributed by atoms with E-state index >= 15 is 0 Å². The molecular weight excluding hydrogens is 298 g/mol. The molecule has 0 N–H and O–H groups in total. The Bertz CT molecular complexity index is 796. The summed E-state index contributed by atoms with van der Waals surface area (Å²) in [5, 5.41) is 4.68. The molecule has 22 heavy (non-hydrogen) atoms. The smallest absolute Gasteiger partial charge is 0.192 e. The normalized spacial score (nSPS) is 15.8. The maximum absolute atomic E-state index is 11.9. The van der Waals surface area contributed by atoms with Crippen LogP contribution in [-0.4, -0.2) is 36.4 Å². The molecule has 0 bridgehead atoms. The highest BCUT2D eigenvalue weighted by Crippen LogP contribution is 2.35. The number of allylic oxidation sites excluding steroid dienone is 3. The SMILES string of the molecule is C.C=C1C(C)=CC(C)=C(c2nn(C)c(S(C)(=O)=O)c2C)N1C. The zero-order valence-corrected chi connectivity index (χ0v) is 14.2. The van der Waals surface area contributed by atoms with Crippen LogP contribution >= 0.6 is 0 Å². The second-order valence-corrected chi connectivity index (χ2v) is 7.47. The third-order valence-electron chi connectivity index (χ3n) is 3.80. The van der Waals surface area contributed by atoms with Gasteiger partial charge in [-0.25, -0.2) is 8.42 Å². The molecule has 1 aliphatic rings. The first-order valence-electron chi connectivity index (χ1n) is 6.62. The van der Waals surface area contributed by atoms with Gasteiger partial charge in [-0.2, -0.15) is 5.10 Å². The largest absolute Gasteiger partial charge is 0.343 e. The van der Waals surface area contributed by atoms with Crippen LogP contribution in [0.15, 0.2) is 34.5 Å². The van der Waals surface area contributed by atoms with Gasteiger partial charge in [0.2, 0.25) is 0 Å². The summed E-state index contributed by atoms with van der Waals surface area (Å²) in [6.07, 6.45) is 3.25. The highest BCUT2D eigenvalue weighted by molar-refractivity contribution is 7.90. The van der Waals surface area contributed by atoms with Crippen molar-refractivity contribution in [2.24, 2.45) is 7.05 Å². The summed E-state index contributed by atoms with van der Waals surface area (Å²) in [5.41, 5.74) is 5.28. The average Bonchev–Trinajstić information content (AvgIpc) is 2.61. The Morgan fingerprint density at radius 2 is 1.73 bits per heavy atom. The molecule has 2 heterocycles. The molecule has 5 nitrogen and oxygen atoms in total. The highest BCUT2D eigenvalue weighted by atomic mass is 32.2. The van der Waals surface area contributed by atoms with E-state index in [4.69, 9.17) is 0 Å². The first-order valence-corrected chi connectivity index (χ1v) is 8.51. The van der Waals surface area contributed by atoms with Crippen molar-refractivity contribution in [1.82, 2.24) is 14.7 Å². The number of aryl methyl sites for hydroxylation is 1. The van der Waals surface area contributed by atoms with Crippen LogP contribution in [0.1, 0.15) is 32.5 Å². The van der Waals surface area contributed by atoms with Gasteiger partial charge in [0.1, 0.15) is 5.69 Å². The van der Waals surface area contributed by atoms with E-state index in [1.807, 2.05) is 31.9 Å². The Morgan fingerprint density at radius 1 is 1.18 bits per heavy atom. The molecule has 0 aliphatic carbocycles. The van der Waals surface area contributed by atoms with E-state index in [-0.39, 0.29) is 12.5 Å². The molecule has 0 saturated carbocycles. The summed E-state index contributed by atoms with van der Waals surface area (Å²) in [6, 6.07) is 0. The van der Waals surface area contributed by atoms with E-state index in [2.05, 4.69) is 11.7 Å². The van der Waals surface area contributed by atoms with Crippen LogP contribution in [0.5, 0.6) is 0 Å². The molecular formula is C16H25N3O2S. The second kappa shape index (κ2) is 5.76. The monoisotopic (exact) mass is 323 g/mol. The van der Waals surface area contributed by atoms with Gasteiger partial charge in [-0.15, -0.1) is 0 Å². The van der Waals surface area contributed by atoms with Crippen LogP contribution in [0.3, 0.4) is 0 Å². The maximum Gasteiger partial charge on any atom is 0.192 e. The molecule has 0 atom stereocenters. The molecule has 0 amide bonds. The molecule has 0 radical (unpaired) electrons. The molecule has 2 rings (SSSR count). The van der Waals surface area contributed by atoms with Crippen LogP contribution in [0.4, 0.5) is 0 Å². The predicted molar refractivity (Wildman–Crippen MR) is 91.0 cm³/mol. The van der Waals surface area contributed by atoms with Crippen LogP contribution < -0.4 is 0 Å². The standard InChI is InChI=1S/C15H21N3O2S.CH4/c1-9-8-10(2)14(17(5)12(9)4)13-11(3)15(18(6)16-13)21(7,19)20;/h8H,4H2,1-3,5-7H3;1H4. The third kappa shape index (κ3) is 2.75. The Morgan fingerprint density at radius 3 is 2.18 bits per heavy atom. The molecule has 1 aromatic heterocycles. The van der Waals surface area contributed by atoms with Crippen LogP contribution in [0, 0.1) is 6.92 Å². The molecule has 0 spiro atoms. The highest BCUT2D eigenvalue weighted by Gasteiger charge is 2.27. The Kier molecular flexibility index (Phi) is 4.77. The van der Waals surface area contributed by atoms with Gasteiger partial charge in [-0.05, 0) is 31.9 Å².